The van der Waals surface area contributed by atoms with Crippen LogP contribution in [0.1, 0.15) is 11.1 Å². The first-order valence-corrected chi connectivity index (χ1v) is 11.3. The van der Waals surface area contributed by atoms with E-state index in [4.69, 9.17) is 9.47 Å². The van der Waals surface area contributed by atoms with E-state index < -0.39 is 5.97 Å². The van der Waals surface area contributed by atoms with Gasteiger partial charge in [0.05, 0.1) is 25.7 Å². The lowest BCUT2D eigenvalue weighted by Gasteiger charge is -2.13. The number of methoxy groups -OCH3 is 2. The minimum atomic E-state index is -0.527. The van der Waals surface area contributed by atoms with Gasteiger partial charge in [-0.2, -0.15) is 0 Å². The highest BCUT2D eigenvalue weighted by molar-refractivity contribution is 9.10. The second-order valence-corrected chi connectivity index (χ2v) is 9.05. The lowest BCUT2D eigenvalue weighted by molar-refractivity contribution is -0.142. The summed E-state index contributed by atoms with van der Waals surface area (Å²) in [5.74, 6) is -0.195. The fraction of sp³-hybridized carbons (Fsp3) is 0.190. The molecule has 0 radical (unpaired) electrons. The van der Waals surface area contributed by atoms with Crippen LogP contribution in [-0.2, 0) is 20.9 Å². The molecule has 7 nitrogen and oxygen atoms in total. The van der Waals surface area contributed by atoms with Crippen LogP contribution in [0.2, 0.25) is 0 Å². The SMILES string of the molecule is COC(=O)COc1cc(Br)c(/C=C2/SC(=O)N(Cc3cccc(Br)c3)C2=O)cc1OC. The number of rotatable bonds is 7. The van der Waals surface area contributed by atoms with E-state index >= 15 is 0 Å². The summed E-state index contributed by atoms with van der Waals surface area (Å²) in [5, 5.41) is -0.336. The van der Waals surface area contributed by atoms with Crippen molar-refractivity contribution in [1.29, 1.82) is 0 Å². The number of hydrogen-bond acceptors (Lipinski definition) is 7. The summed E-state index contributed by atoms with van der Waals surface area (Å²) in [7, 11) is 2.73. The quantitative estimate of drug-likeness (QED) is 0.342. The summed E-state index contributed by atoms with van der Waals surface area (Å²) in [5.41, 5.74) is 1.46. The summed E-state index contributed by atoms with van der Waals surface area (Å²) in [6.45, 7) is -0.0839. The third-order valence-corrected chi connectivity index (χ3v) is 6.33. The topological polar surface area (TPSA) is 82.1 Å². The molecule has 1 fully saturated rings. The van der Waals surface area contributed by atoms with Crippen LogP contribution in [0.15, 0.2) is 50.2 Å². The van der Waals surface area contributed by atoms with Gasteiger partial charge in [0.2, 0.25) is 0 Å². The highest BCUT2D eigenvalue weighted by Gasteiger charge is 2.35. The van der Waals surface area contributed by atoms with Crippen molar-refractivity contribution in [3.63, 3.8) is 0 Å². The summed E-state index contributed by atoms with van der Waals surface area (Å²) in [6, 6.07) is 10.7. The van der Waals surface area contributed by atoms with Gasteiger partial charge in [0.1, 0.15) is 0 Å². The van der Waals surface area contributed by atoms with Crippen LogP contribution >= 0.6 is 43.6 Å². The molecule has 2 aromatic carbocycles. The first-order valence-electron chi connectivity index (χ1n) is 8.89. The number of thioether (sulfide) groups is 1. The Balaban J connectivity index is 1.83. The van der Waals surface area contributed by atoms with Crippen LogP contribution in [0.4, 0.5) is 4.79 Å². The van der Waals surface area contributed by atoms with Crippen LogP contribution in [0, 0.1) is 0 Å². The Morgan fingerprint density at radius 1 is 1.13 bits per heavy atom. The predicted octanol–water partition coefficient (Wildman–Crippen LogP) is 5.01. The van der Waals surface area contributed by atoms with E-state index in [1.54, 1.807) is 18.2 Å². The number of esters is 1. The first kappa shape index (κ1) is 23.4. The van der Waals surface area contributed by atoms with Crippen LogP contribution < -0.4 is 9.47 Å². The van der Waals surface area contributed by atoms with Gasteiger partial charge in [-0.3, -0.25) is 14.5 Å². The number of carbonyl (C=O) groups excluding carboxylic acids is 3. The zero-order valence-electron chi connectivity index (χ0n) is 16.5. The molecule has 0 N–H and O–H groups in total. The van der Waals surface area contributed by atoms with Crippen molar-refractivity contribution in [2.24, 2.45) is 0 Å². The van der Waals surface area contributed by atoms with Crippen LogP contribution in [0.5, 0.6) is 11.5 Å². The van der Waals surface area contributed by atoms with Crippen molar-refractivity contribution >= 4 is 66.8 Å². The van der Waals surface area contributed by atoms with Crippen molar-refractivity contribution < 1.29 is 28.6 Å². The zero-order valence-corrected chi connectivity index (χ0v) is 20.5. The van der Waals surface area contributed by atoms with Gasteiger partial charge < -0.3 is 14.2 Å². The van der Waals surface area contributed by atoms with E-state index in [0.717, 1.165) is 21.8 Å². The molecule has 1 heterocycles. The Kier molecular flexibility index (Phi) is 7.79. The van der Waals surface area contributed by atoms with E-state index in [-0.39, 0.29) is 24.3 Å². The van der Waals surface area contributed by atoms with Crippen LogP contribution in [0.25, 0.3) is 6.08 Å². The lowest BCUT2D eigenvalue weighted by Crippen LogP contribution is -2.27. The number of halogens is 2. The molecule has 1 aliphatic rings. The van der Waals surface area contributed by atoms with E-state index in [0.29, 0.717) is 26.4 Å². The molecule has 10 heteroatoms. The Morgan fingerprint density at radius 3 is 2.58 bits per heavy atom. The molecule has 0 saturated carbocycles. The zero-order chi connectivity index (χ0) is 22.5. The third-order valence-electron chi connectivity index (χ3n) is 4.25. The van der Waals surface area contributed by atoms with Crippen molar-refractivity contribution in [2.75, 3.05) is 20.8 Å². The van der Waals surface area contributed by atoms with Crippen molar-refractivity contribution in [3.8, 4) is 11.5 Å². The third kappa shape index (κ3) is 5.69. The predicted molar refractivity (Wildman–Crippen MR) is 124 cm³/mol. The van der Waals surface area contributed by atoms with Crippen molar-refractivity contribution in [1.82, 2.24) is 4.90 Å². The van der Waals surface area contributed by atoms with Gasteiger partial charge in [-0.25, -0.2) is 4.79 Å². The Labute approximate surface area is 200 Å². The lowest BCUT2D eigenvalue weighted by atomic mass is 10.1. The molecule has 1 saturated heterocycles. The molecule has 0 aliphatic carbocycles. The van der Waals surface area contributed by atoms with Crippen LogP contribution in [-0.4, -0.2) is 42.8 Å². The molecule has 2 aromatic rings. The van der Waals surface area contributed by atoms with E-state index in [1.165, 1.54) is 19.1 Å². The summed E-state index contributed by atoms with van der Waals surface area (Å²) < 4.78 is 16.8. The number of benzene rings is 2. The average molecular weight is 571 g/mol. The van der Waals surface area contributed by atoms with Gasteiger partial charge in [0, 0.05) is 8.95 Å². The second kappa shape index (κ2) is 10.3. The highest BCUT2D eigenvalue weighted by atomic mass is 79.9. The van der Waals surface area contributed by atoms with Gasteiger partial charge in [-0.05, 0) is 53.2 Å². The van der Waals surface area contributed by atoms with E-state index in [9.17, 15) is 14.4 Å². The van der Waals surface area contributed by atoms with Gasteiger partial charge in [-0.15, -0.1) is 0 Å². The Bertz CT molecular complexity index is 1070. The van der Waals surface area contributed by atoms with Gasteiger partial charge in [0.15, 0.2) is 18.1 Å². The molecule has 3 rings (SSSR count). The molecule has 1 aliphatic heterocycles. The highest BCUT2D eigenvalue weighted by Crippen LogP contribution is 2.38. The number of ether oxygens (including phenoxy) is 3. The fourth-order valence-corrected chi connectivity index (χ4v) is 4.44. The standard InChI is InChI=1S/C21H17Br2NO6S/c1-28-16-7-13(15(23)9-17(16)30-11-19(25)29-2)8-18-20(26)24(21(27)31-18)10-12-4-3-5-14(22)6-12/h3-9H,10-11H2,1-2H3/b18-8+. The molecule has 2 amide bonds. The molecule has 0 bridgehead atoms. The van der Waals surface area contributed by atoms with Crippen molar-refractivity contribution in [3.05, 3.63) is 61.4 Å². The van der Waals surface area contributed by atoms with Gasteiger partial charge in [0.25, 0.3) is 11.1 Å². The van der Waals surface area contributed by atoms with E-state index in [2.05, 4.69) is 36.6 Å². The molecule has 0 aromatic heterocycles. The molecular formula is C21H17Br2NO6S. The number of nitrogens with zero attached hydrogens (tertiary/aromatic N) is 1. The second-order valence-electron chi connectivity index (χ2n) is 6.29. The van der Waals surface area contributed by atoms with E-state index in [1.807, 2.05) is 24.3 Å². The molecular weight excluding hydrogens is 554 g/mol. The maximum Gasteiger partial charge on any atom is 0.343 e. The summed E-state index contributed by atoms with van der Waals surface area (Å²) in [6.07, 6.45) is 1.61. The maximum absolute atomic E-state index is 12.8. The molecule has 0 unspecified atom stereocenters. The van der Waals surface area contributed by atoms with Gasteiger partial charge in [-0.1, -0.05) is 44.0 Å². The average Bonchev–Trinajstić information content (AvgIpc) is 3.00. The van der Waals surface area contributed by atoms with Crippen LogP contribution in [0.3, 0.4) is 0 Å². The molecule has 31 heavy (non-hydrogen) atoms. The Hall–Kier alpha value is -2.30. The monoisotopic (exact) mass is 569 g/mol. The normalized spacial score (nSPS) is 14.8. The summed E-state index contributed by atoms with van der Waals surface area (Å²) >= 11 is 7.70. The number of hydrogen-bond donors (Lipinski definition) is 0. The maximum atomic E-state index is 12.8. The number of carbonyl (C=O) groups is 3. The fourth-order valence-electron chi connectivity index (χ4n) is 2.72. The minimum Gasteiger partial charge on any atom is -0.493 e. The van der Waals surface area contributed by atoms with Crippen molar-refractivity contribution in [2.45, 2.75) is 6.54 Å². The van der Waals surface area contributed by atoms with Gasteiger partial charge >= 0.3 is 5.97 Å². The number of imide groups is 1. The summed E-state index contributed by atoms with van der Waals surface area (Å²) in [4.78, 5) is 38.1. The number of amides is 2. The molecule has 0 atom stereocenters. The molecule has 0 spiro atoms. The molecule has 162 valence electrons. The first-order chi connectivity index (χ1) is 14.8. The Morgan fingerprint density at radius 2 is 1.90 bits per heavy atom. The largest absolute Gasteiger partial charge is 0.493 e. The minimum absolute atomic E-state index is 0.187. The smallest absolute Gasteiger partial charge is 0.343 e.